The number of nitrogens with one attached hydrogen (secondary N) is 1. The molecule has 1 fully saturated rings. The van der Waals surface area contributed by atoms with Crippen LogP contribution in [-0.2, 0) is 11.3 Å². The number of aromatic nitrogens is 2. The Kier molecular flexibility index (Phi) is 7.59. The molecule has 0 radical (unpaired) electrons. The first kappa shape index (κ1) is 18.0. The highest BCUT2D eigenvalue weighted by molar-refractivity contribution is 5.76. The summed E-state index contributed by atoms with van der Waals surface area (Å²) in [4.78, 5) is 18.8. The molecule has 5 heteroatoms. The van der Waals surface area contributed by atoms with Crippen LogP contribution in [0.15, 0.2) is 18.7 Å². The van der Waals surface area contributed by atoms with E-state index in [9.17, 15) is 4.79 Å². The van der Waals surface area contributed by atoms with Gasteiger partial charge in [0.2, 0.25) is 5.91 Å². The smallest absolute Gasteiger partial charge is 0.221 e. The molecule has 1 N–H and O–H groups in total. The van der Waals surface area contributed by atoms with Crippen molar-refractivity contribution in [2.45, 2.75) is 65.0 Å². The predicted molar refractivity (Wildman–Crippen MR) is 93.1 cm³/mol. The zero-order chi connectivity index (χ0) is 16.5. The number of imidazole rings is 1. The van der Waals surface area contributed by atoms with Gasteiger partial charge in [-0.2, -0.15) is 0 Å². The lowest BCUT2D eigenvalue weighted by atomic mass is 10.0. The van der Waals surface area contributed by atoms with Gasteiger partial charge in [0.05, 0.1) is 6.33 Å². The van der Waals surface area contributed by atoms with Crippen molar-refractivity contribution in [2.24, 2.45) is 5.92 Å². The van der Waals surface area contributed by atoms with Crippen LogP contribution in [0, 0.1) is 5.92 Å². The van der Waals surface area contributed by atoms with E-state index in [0.29, 0.717) is 12.3 Å². The van der Waals surface area contributed by atoms with Crippen molar-refractivity contribution in [2.75, 3.05) is 19.6 Å². The molecule has 1 saturated heterocycles. The van der Waals surface area contributed by atoms with Crippen molar-refractivity contribution in [3.63, 3.8) is 0 Å². The highest BCUT2D eigenvalue weighted by atomic mass is 16.1. The minimum Gasteiger partial charge on any atom is -0.351 e. The van der Waals surface area contributed by atoms with Crippen LogP contribution in [-0.4, -0.2) is 46.0 Å². The van der Waals surface area contributed by atoms with E-state index in [1.807, 2.05) is 17.1 Å². The Hall–Kier alpha value is -1.36. The molecule has 0 spiro atoms. The van der Waals surface area contributed by atoms with Crippen molar-refractivity contribution in [3.05, 3.63) is 18.7 Å². The van der Waals surface area contributed by atoms with Gasteiger partial charge in [-0.3, -0.25) is 4.79 Å². The van der Waals surface area contributed by atoms with Gasteiger partial charge in [-0.25, -0.2) is 4.98 Å². The Balaban J connectivity index is 1.74. The first-order chi connectivity index (χ1) is 11.1. The second kappa shape index (κ2) is 9.71. The largest absolute Gasteiger partial charge is 0.351 e. The highest BCUT2D eigenvalue weighted by Gasteiger charge is 2.17. The molecule has 0 unspecified atom stereocenters. The van der Waals surface area contributed by atoms with Crippen molar-refractivity contribution in [1.29, 1.82) is 0 Å². The molecule has 2 heterocycles. The molecule has 1 aromatic rings. The van der Waals surface area contributed by atoms with Crippen LogP contribution in [0.3, 0.4) is 0 Å². The van der Waals surface area contributed by atoms with Crippen LogP contribution in [0.1, 0.15) is 52.4 Å². The number of hydrogen-bond donors (Lipinski definition) is 1. The normalized spacial score (nSPS) is 18.4. The number of amides is 1. The summed E-state index contributed by atoms with van der Waals surface area (Å²) in [6.45, 7) is 8.28. The standard InChI is InChI=1S/C18H32N4O/c1-16(2)17(14-22-13-9-19-15-22)20-18(23)8-12-21-10-6-4-3-5-7-11-21/h9,13,15-17H,3-8,10-12,14H2,1-2H3,(H,20,23)/t17-/m0/s1. The monoisotopic (exact) mass is 320 g/mol. The average molecular weight is 320 g/mol. The molecule has 0 saturated carbocycles. The topological polar surface area (TPSA) is 50.2 Å². The van der Waals surface area contributed by atoms with Gasteiger partial charge in [-0.1, -0.05) is 33.1 Å². The fourth-order valence-corrected chi connectivity index (χ4v) is 3.12. The predicted octanol–water partition coefficient (Wildman–Crippen LogP) is 2.68. The van der Waals surface area contributed by atoms with E-state index in [0.717, 1.165) is 26.2 Å². The first-order valence-electron chi connectivity index (χ1n) is 9.12. The van der Waals surface area contributed by atoms with Gasteiger partial charge in [0, 0.05) is 37.9 Å². The van der Waals surface area contributed by atoms with Crippen LogP contribution < -0.4 is 5.32 Å². The summed E-state index contributed by atoms with van der Waals surface area (Å²) < 4.78 is 2.03. The summed E-state index contributed by atoms with van der Waals surface area (Å²) in [6, 6.07) is 0.157. The lowest BCUT2D eigenvalue weighted by Gasteiger charge is -2.26. The average Bonchev–Trinajstić information content (AvgIpc) is 2.98. The Bertz CT molecular complexity index is 436. The maximum Gasteiger partial charge on any atom is 0.221 e. The van der Waals surface area contributed by atoms with Gasteiger partial charge in [0.1, 0.15) is 0 Å². The maximum atomic E-state index is 12.3. The molecule has 1 aliphatic rings. The molecule has 130 valence electrons. The van der Waals surface area contributed by atoms with E-state index in [4.69, 9.17) is 0 Å². The van der Waals surface area contributed by atoms with Crippen molar-refractivity contribution < 1.29 is 4.79 Å². The van der Waals surface area contributed by atoms with Gasteiger partial charge in [0.25, 0.3) is 0 Å². The molecule has 1 aliphatic heterocycles. The van der Waals surface area contributed by atoms with Crippen LogP contribution in [0.25, 0.3) is 0 Å². The highest BCUT2D eigenvalue weighted by Crippen LogP contribution is 2.11. The van der Waals surface area contributed by atoms with Crippen molar-refractivity contribution >= 4 is 5.91 Å². The third-order valence-corrected chi connectivity index (χ3v) is 4.72. The van der Waals surface area contributed by atoms with E-state index < -0.39 is 0 Å². The Morgan fingerprint density at radius 3 is 2.48 bits per heavy atom. The number of likely N-dealkylation sites (tertiary alicyclic amines) is 1. The summed E-state index contributed by atoms with van der Waals surface area (Å²) in [5.74, 6) is 0.578. The van der Waals surface area contributed by atoms with Crippen LogP contribution >= 0.6 is 0 Å². The van der Waals surface area contributed by atoms with E-state index >= 15 is 0 Å². The third-order valence-electron chi connectivity index (χ3n) is 4.72. The quantitative estimate of drug-likeness (QED) is 0.840. The molecular formula is C18H32N4O. The second-order valence-electron chi connectivity index (χ2n) is 7.04. The van der Waals surface area contributed by atoms with Crippen molar-refractivity contribution in [1.82, 2.24) is 19.8 Å². The van der Waals surface area contributed by atoms with Gasteiger partial charge in [0.15, 0.2) is 0 Å². The zero-order valence-corrected chi connectivity index (χ0v) is 14.7. The third kappa shape index (κ3) is 6.73. The minimum absolute atomic E-state index is 0.157. The summed E-state index contributed by atoms with van der Waals surface area (Å²) in [5.41, 5.74) is 0. The number of nitrogens with zero attached hydrogens (tertiary/aromatic N) is 3. The Labute approximate surface area is 140 Å². The molecule has 1 amide bonds. The Morgan fingerprint density at radius 1 is 1.17 bits per heavy atom. The van der Waals surface area contributed by atoms with E-state index in [1.54, 1.807) is 6.20 Å². The Morgan fingerprint density at radius 2 is 1.87 bits per heavy atom. The maximum absolute atomic E-state index is 12.3. The number of carbonyl (C=O) groups is 1. The molecule has 5 nitrogen and oxygen atoms in total. The number of rotatable bonds is 7. The molecule has 1 aromatic heterocycles. The van der Waals surface area contributed by atoms with E-state index in [-0.39, 0.29) is 11.9 Å². The molecule has 0 aromatic carbocycles. The summed E-state index contributed by atoms with van der Waals surface area (Å²) in [5, 5.41) is 3.21. The zero-order valence-electron chi connectivity index (χ0n) is 14.7. The summed E-state index contributed by atoms with van der Waals surface area (Å²) in [7, 11) is 0. The van der Waals surface area contributed by atoms with Gasteiger partial charge < -0.3 is 14.8 Å². The fourth-order valence-electron chi connectivity index (χ4n) is 3.12. The van der Waals surface area contributed by atoms with Crippen LogP contribution in [0.4, 0.5) is 0 Å². The van der Waals surface area contributed by atoms with Gasteiger partial charge in [-0.15, -0.1) is 0 Å². The van der Waals surface area contributed by atoms with E-state index in [1.165, 1.54) is 32.1 Å². The molecule has 1 atom stereocenters. The van der Waals surface area contributed by atoms with Crippen LogP contribution in [0.5, 0.6) is 0 Å². The summed E-state index contributed by atoms with van der Waals surface area (Å²) >= 11 is 0. The molecule has 23 heavy (non-hydrogen) atoms. The first-order valence-corrected chi connectivity index (χ1v) is 9.12. The van der Waals surface area contributed by atoms with Crippen LogP contribution in [0.2, 0.25) is 0 Å². The van der Waals surface area contributed by atoms with Gasteiger partial charge >= 0.3 is 0 Å². The lowest BCUT2D eigenvalue weighted by molar-refractivity contribution is -0.122. The van der Waals surface area contributed by atoms with Crippen molar-refractivity contribution in [3.8, 4) is 0 Å². The molecule has 0 aliphatic carbocycles. The van der Waals surface area contributed by atoms with Gasteiger partial charge in [-0.05, 0) is 31.8 Å². The minimum atomic E-state index is 0.157. The molecule has 0 bridgehead atoms. The molecular weight excluding hydrogens is 288 g/mol. The fraction of sp³-hybridized carbons (Fsp3) is 0.778. The summed E-state index contributed by atoms with van der Waals surface area (Å²) in [6.07, 6.45) is 12.7. The number of hydrogen-bond acceptors (Lipinski definition) is 3. The second-order valence-corrected chi connectivity index (χ2v) is 7.04. The SMILES string of the molecule is CC(C)[C@H](Cn1ccnc1)NC(=O)CCN1CCCCCCC1. The molecule has 2 rings (SSSR count). The van der Waals surface area contributed by atoms with E-state index in [2.05, 4.69) is 29.0 Å². The lowest BCUT2D eigenvalue weighted by Crippen LogP contribution is -2.42. The number of carbonyl (C=O) groups excluding carboxylic acids is 1.